The van der Waals surface area contributed by atoms with E-state index in [0.29, 0.717) is 0 Å². The predicted molar refractivity (Wildman–Crippen MR) is 140 cm³/mol. The summed E-state index contributed by atoms with van der Waals surface area (Å²) in [5.74, 6) is 1.54. The van der Waals surface area contributed by atoms with E-state index in [0.717, 1.165) is 44.8 Å². The van der Waals surface area contributed by atoms with Crippen molar-refractivity contribution in [3.05, 3.63) is 140 Å². The number of para-hydroxylation sites is 3. The third-order valence-corrected chi connectivity index (χ3v) is 5.60. The molecule has 4 heteroatoms. The van der Waals surface area contributed by atoms with Crippen molar-refractivity contribution in [2.75, 3.05) is 0 Å². The van der Waals surface area contributed by atoms with Gasteiger partial charge in [-0.05, 0) is 22.4 Å². The summed E-state index contributed by atoms with van der Waals surface area (Å²) in [7, 11) is 0. The average molecular weight is 547 g/mol. The third-order valence-electron chi connectivity index (χ3n) is 5.60. The van der Waals surface area contributed by atoms with Crippen LogP contribution in [0.5, 0.6) is 11.5 Å². The van der Waals surface area contributed by atoms with Gasteiger partial charge in [0.1, 0.15) is 0 Å². The summed E-state index contributed by atoms with van der Waals surface area (Å²) in [6, 6.07) is 33.9. The minimum Gasteiger partial charge on any atom is -0.663 e. The fourth-order valence-corrected chi connectivity index (χ4v) is 3.86. The standard InChI is InChI=1S/C17H11N2.C14H12O.Ag/c1-2-8-14-13(5-1)11-19-17(14)15-9-3-6-12-7-4-10-18-16(12)15;1-11-7-3-5-9-13(11)15-14-10-6-4-8-12(14)2;/h1-11H;3-10H,1-2H2;/q-1;-2;. The first-order chi connectivity index (χ1) is 16.7. The number of fused-ring (bicyclic) bond motifs is 2. The number of rotatable bonds is 3. The van der Waals surface area contributed by atoms with E-state index < -0.39 is 0 Å². The van der Waals surface area contributed by atoms with Crippen molar-refractivity contribution in [1.82, 2.24) is 9.97 Å². The van der Waals surface area contributed by atoms with E-state index in [1.165, 1.54) is 10.8 Å². The maximum atomic E-state index is 5.71. The Bertz CT molecular complexity index is 1520. The molecule has 0 amide bonds. The van der Waals surface area contributed by atoms with Gasteiger partial charge in [-0.2, -0.15) is 43.3 Å². The number of benzene rings is 4. The second kappa shape index (κ2) is 11.0. The molecule has 0 fully saturated rings. The maximum absolute atomic E-state index is 5.71. The first-order valence-electron chi connectivity index (χ1n) is 11.0. The van der Waals surface area contributed by atoms with Crippen LogP contribution in [0, 0.1) is 13.8 Å². The molecule has 35 heavy (non-hydrogen) atoms. The molecule has 4 aromatic carbocycles. The minimum absolute atomic E-state index is 0. The van der Waals surface area contributed by atoms with E-state index >= 15 is 0 Å². The molecule has 0 atom stereocenters. The van der Waals surface area contributed by atoms with Crippen LogP contribution in [-0.2, 0) is 22.4 Å². The molecule has 1 radical (unpaired) electrons. The molecule has 6 rings (SSSR count). The second-order valence-electron chi connectivity index (χ2n) is 7.89. The molecular formula is C31H23AgN2O-3. The normalized spacial score (nSPS) is 10.3. The van der Waals surface area contributed by atoms with Crippen molar-refractivity contribution in [3.8, 4) is 22.8 Å². The quantitative estimate of drug-likeness (QED) is 0.167. The fourth-order valence-electron chi connectivity index (χ4n) is 3.86. The van der Waals surface area contributed by atoms with E-state index in [1.54, 1.807) is 0 Å². The first-order valence-corrected chi connectivity index (χ1v) is 11.0. The van der Waals surface area contributed by atoms with Gasteiger partial charge in [0.25, 0.3) is 0 Å². The number of hydrogen-bond acceptors (Lipinski definition) is 2. The van der Waals surface area contributed by atoms with Crippen LogP contribution in [0.4, 0.5) is 0 Å². The van der Waals surface area contributed by atoms with Crippen LogP contribution in [0.1, 0.15) is 11.1 Å². The third kappa shape index (κ3) is 5.28. The smallest absolute Gasteiger partial charge is 0.0762 e. The van der Waals surface area contributed by atoms with Crippen LogP contribution in [0.25, 0.3) is 32.9 Å². The molecule has 0 aliphatic rings. The van der Waals surface area contributed by atoms with Crippen molar-refractivity contribution in [3.63, 3.8) is 0 Å². The van der Waals surface area contributed by atoms with Gasteiger partial charge in [0.05, 0.1) is 5.52 Å². The maximum Gasteiger partial charge on any atom is 0.0762 e. The van der Waals surface area contributed by atoms with Gasteiger partial charge in [-0.25, -0.2) is 0 Å². The Labute approximate surface area is 221 Å². The van der Waals surface area contributed by atoms with Gasteiger partial charge in [-0.15, -0.1) is 17.8 Å². The van der Waals surface area contributed by atoms with E-state index in [4.69, 9.17) is 4.74 Å². The van der Waals surface area contributed by atoms with E-state index in [-0.39, 0.29) is 22.4 Å². The van der Waals surface area contributed by atoms with Crippen LogP contribution in [-0.4, -0.2) is 4.98 Å². The number of aromatic nitrogens is 2. The molecule has 0 aliphatic heterocycles. The van der Waals surface area contributed by atoms with Crippen LogP contribution >= 0.6 is 0 Å². The molecule has 6 aromatic rings. The molecule has 0 N–H and O–H groups in total. The minimum atomic E-state index is 0. The predicted octanol–water partition coefficient (Wildman–Crippen LogP) is 7.85. The molecule has 2 heterocycles. The molecule has 0 spiro atoms. The second-order valence-corrected chi connectivity index (χ2v) is 7.89. The Kier molecular flexibility index (Phi) is 7.64. The Morgan fingerprint density at radius 3 is 1.94 bits per heavy atom. The van der Waals surface area contributed by atoms with Crippen molar-refractivity contribution in [2.24, 2.45) is 0 Å². The average Bonchev–Trinajstić information content (AvgIpc) is 3.31. The Hall–Kier alpha value is -3.89. The Balaban J connectivity index is 0.000000165. The van der Waals surface area contributed by atoms with Crippen LogP contribution in [0.15, 0.2) is 116 Å². The summed E-state index contributed by atoms with van der Waals surface area (Å²) < 4.78 is 5.71. The zero-order chi connectivity index (χ0) is 23.3. The van der Waals surface area contributed by atoms with Crippen molar-refractivity contribution >= 4 is 21.7 Å². The van der Waals surface area contributed by atoms with Crippen molar-refractivity contribution < 1.29 is 27.1 Å². The molecule has 0 bridgehead atoms. The van der Waals surface area contributed by atoms with Gasteiger partial charge < -0.3 is 9.72 Å². The molecular weight excluding hydrogens is 524 g/mol. The summed E-state index contributed by atoms with van der Waals surface area (Å²) in [5.41, 5.74) is 4.87. The summed E-state index contributed by atoms with van der Waals surface area (Å²) in [4.78, 5) is 9.08. The number of pyridine rings is 1. The topological polar surface area (TPSA) is 36.2 Å². The van der Waals surface area contributed by atoms with Gasteiger partial charge in [0, 0.05) is 45.5 Å². The van der Waals surface area contributed by atoms with Gasteiger partial charge in [0.15, 0.2) is 0 Å². The fraction of sp³-hybridized carbons (Fsp3) is 0. The zero-order valence-electron chi connectivity index (χ0n) is 19.0. The van der Waals surface area contributed by atoms with E-state index in [2.05, 4.69) is 60.2 Å². The van der Waals surface area contributed by atoms with Gasteiger partial charge in [-0.1, -0.05) is 72.8 Å². The summed E-state index contributed by atoms with van der Waals surface area (Å²) in [5, 5.41) is 3.50. The molecule has 0 aliphatic carbocycles. The largest absolute Gasteiger partial charge is 0.663 e. The molecule has 177 valence electrons. The first kappa shape index (κ1) is 24.2. The van der Waals surface area contributed by atoms with E-state index in [9.17, 15) is 0 Å². The van der Waals surface area contributed by atoms with Crippen LogP contribution < -0.4 is 9.72 Å². The summed E-state index contributed by atoms with van der Waals surface area (Å²) in [6.07, 6.45) is 3.75. The number of ether oxygens (including phenoxy) is 1. The number of nitrogens with zero attached hydrogens (tertiary/aromatic N) is 2. The SMILES string of the molecule is [Ag].[CH2-]c1ccccc1Oc1ccccc1[CH2-].c1ccc2c(-c3cccc4cccnc34)[n-]cc2c1. The molecule has 0 saturated carbocycles. The Morgan fingerprint density at radius 1 is 0.629 bits per heavy atom. The van der Waals surface area contributed by atoms with Crippen molar-refractivity contribution in [1.29, 1.82) is 0 Å². The molecule has 2 aromatic heterocycles. The van der Waals surface area contributed by atoms with Crippen molar-refractivity contribution in [2.45, 2.75) is 0 Å². The summed E-state index contributed by atoms with van der Waals surface area (Å²) >= 11 is 0. The molecule has 3 nitrogen and oxygen atoms in total. The van der Waals surface area contributed by atoms with Gasteiger partial charge in [0.2, 0.25) is 0 Å². The Morgan fingerprint density at radius 2 is 1.23 bits per heavy atom. The van der Waals surface area contributed by atoms with Crippen LogP contribution in [0.2, 0.25) is 0 Å². The van der Waals surface area contributed by atoms with Gasteiger partial charge >= 0.3 is 0 Å². The van der Waals surface area contributed by atoms with Gasteiger partial charge in [-0.3, -0.25) is 4.98 Å². The zero-order valence-corrected chi connectivity index (χ0v) is 20.5. The van der Waals surface area contributed by atoms with E-state index in [1.807, 2.05) is 79.1 Å². The molecule has 0 saturated heterocycles. The van der Waals surface area contributed by atoms with Crippen LogP contribution in [0.3, 0.4) is 0 Å². The monoisotopic (exact) mass is 546 g/mol. The molecule has 0 unspecified atom stereocenters. The number of hydrogen-bond donors (Lipinski definition) is 0. The summed E-state index contributed by atoms with van der Waals surface area (Å²) in [6.45, 7) is 7.80.